The molecule has 0 bridgehead atoms. The molecule has 4 heteroatoms. The van der Waals surface area contributed by atoms with Gasteiger partial charge in [-0.15, -0.1) is 0 Å². The van der Waals surface area contributed by atoms with Gasteiger partial charge in [-0.2, -0.15) is 0 Å². The van der Waals surface area contributed by atoms with E-state index < -0.39 is 0 Å². The van der Waals surface area contributed by atoms with Crippen molar-refractivity contribution in [3.63, 3.8) is 0 Å². The van der Waals surface area contributed by atoms with Gasteiger partial charge in [0.1, 0.15) is 0 Å². The lowest BCUT2D eigenvalue weighted by Crippen LogP contribution is -2.23. The summed E-state index contributed by atoms with van der Waals surface area (Å²) in [6.45, 7) is 5.17. The van der Waals surface area contributed by atoms with Gasteiger partial charge in [-0.05, 0) is 58.7 Å². The fourth-order valence-electron chi connectivity index (χ4n) is 2.19. The molecule has 0 saturated carbocycles. The van der Waals surface area contributed by atoms with Gasteiger partial charge in [-0.1, -0.05) is 35.0 Å². The van der Waals surface area contributed by atoms with Gasteiger partial charge in [-0.25, -0.2) is 0 Å². The highest BCUT2D eigenvalue weighted by molar-refractivity contribution is 9.10. The van der Waals surface area contributed by atoms with E-state index in [2.05, 4.69) is 80.3 Å². The predicted molar refractivity (Wildman–Crippen MR) is 90.9 cm³/mol. The topological polar surface area (TPSA) is 24.9 Å². The normalized spacial score (nSPS) is 12.4. The third kappa shape index (κ3) is 4.14. The number of aromatic nitrogens is 1. The number of pyridine rings is 1. The van der Waals surface area contributed by atoms with Crippen LogP contribution in [0, 0.1) is 6.92 Å². The summed E-state index contributed by atoms with van der Waals surface area (Å²) in [5.74, 6) is 0. The van der Waals surface area contributed by atoms with Gasteiger partial charge < -0.3 is 5.32 Å². The maximum Gasteiger partial charge on any atom is 0.0423 e. The quantitative estimate of drug-likeness (QED) is 0.782. The molecule has 1 heterocycles. The Morgan fingerprint density at radius 1 is 1.20 bits per heavy atom. The molecule has 1 atom stereocenters. The van der Waals surface area contributed by atoms with Crippen LogP contribution in [-0.2, 0) is 6.42 Å². The highest BCUT2D eigenvalue weighted by Gasteiger charge is 2.15. The van der Waals surface area contributed by atoms with E-state index >= 15 is 0 Å². The SMILES string of the molecule is CCNC(Cc1ccc(Br)cn1)c1ccc(C)cc1Br. The van der Waals surface area contributed by atoms with Gasteiger partial charge in [-0.3, -0.25) is 4.98 Å². The molecule has 0 amide bonds. The van der Waals surface area contributed by atoms with Crippen LogP contribution >= 0.6 is 31.9 Å². The van der Waals surface area contributed by atoms with Crippen molar-refractivity contribution in [2.24, 2.45) is 0 Å². The molecule has 0 saturated heterocycles. The lowest BCUT2D eigenvalue weighted by Gasteiger charge is -2.20. The second-order valence-electron chi connectivity index (χ2n) is 4.81. The van der Waals surface area contributed by atoms with Crippen molar-refractivity contribution in [3.05, 3.63) is 62.3 Å². The van der Waals surface area contributed by atoms with Gasteiger partial charge in [0.2, 0.25) is 0 Å². The maximum absolute atomic E-state index is 4.47. The Morgan fingerprint density at radius 2 is 2.00 bits per heavy atom. The minimum absolute atomic E-state index is 0.267. The van der Waals surface area contributed by atoms with E-state index in [1.165, 1.54) is 11.1 Å². The van der Waals surface area contributed by atoms with Crippen LogP contribution in [0.25, 0.3) is 0 Å². The van der Waals surface area contributed by atoms with Gasteiger partial charge in [0.05, 0.1) is 0 Å². The summed E-state index contributed by atoms with van der Waals surface area (Å²) in [7, 11) is 0. The summed E-state index contributed by atoms with van der Waals surface area (Å²) < 4.78 is 2.17. The van der Waals surface area contributed by atoms with Crippen molar-refractivity contribution >= 4 is 31.9 Å². The fraction of sp³-hybridized carbons (Fsp3) is 0.312. The number of halogens is 2. The van der Waals surface area contributed by atoms with Gasteiger partial charge >= 0.3 is 0 Å². The molecular formula is C16H18Br2N2. The average molecular weight is 398 g/mol. The van der Waals surface area contributed by atoms with Crippen molar-refractivity contribution in [3.8, 4) is 0 Å². The van der Waals surface area contributed by atoms with E-state index in [1.807, 2.05) is 12.3 Å². The summed E-state index contributed by atoms with van der Waals surface area (Å²) >= 11 is 7.10. The highest BCUT2D eigenvalue weighted by atomic mass is 79.9. The van der Waals surface area contributed by atoms with E-state index in [9.17, 15) is 0 Å². The zero-order valence-electron chi connectivity index (χ0n) is 11.7. The van der Waals surface area contributed by atoms with E-state index in [0.717, 1.165) is 27.6 Å². The Hall–Kier alpha value is -0.710. The number of rotatable bonds is 5. The Kier molecular flexibility index (Phi) is 5.75. The Bertz CT molecular complexity index is 567. The van der Waals surface area contributed by atoms with E-state index in [-0.39, 0.29) is 6.04 Å². The van der Waals surface area contributed by atoms with Crippen molar-refractivity contribution in [2.45, 2.75) is 26.3 Å². The number of likely N-dealkylation sites (N-methyl/N-ethyl adjacent to an activating group) is 1. The van der Waals surface area contributed by atoms with Crippen LogP contribution in [0.2, 0.25) is 0 Å². The van der Waals surface area contributed by atoms with Gasteiger partial charge in [0, 0.05) is 33.3 Å². The van der Waals surface area contributed by atoms with Crippen LogP contribution < -0.4 is 5.32 Å². The van der Waals surface area contributed by atoms with Crippen molar-refractivity contribution in [1.29, 1.82) is 0 Å². The predicted octanol–water partition coefficient (Wildman–Crippen LogP) is 4.81. The monoisotopic (exact) mass is 396 g/mol. The second kappa shape index (κ2) is 7.34. The summed E-state index contributed by atoms with van der Waals surface area (Å²) in [6.07, 6.45) is 2.73. The first kappa shape index (κ1) is 15.7. The molecule has 0 aliphatic rings. The number of aryl methyl sites for hydroxylation is 1. The largest absolute Gasteiger partial charge is 0.310 e. The number of nitrogens with zero attached hydrogens (tertiary/aromatic N) is 1. The highest BCUT2D eigenvalue weighted by Crippen LogP contribution is 2.27. The number of hydrogen-bond donors (Lipinski definition) is 1. The lowest BCUT2D eigenvalue weighted by molar-refractivity contribution is 0.542. The van der Waals surface area contributed by atoms with Crippen molar-refractivity contribution in [2.75, 3.05) is 6.54 Å². The summed E-state index contributed by atoms with van der Waals surface area (Å²) in [5.41, 5.74) is 3.63. The minimum Gasteiger partial charge on any atom is -0.310 e. The summed E-state index contributed by atoms with van der Waals surface area (Å²) in [5, 5.41) is 3.54. The smallest absolute Gasteiger partial charge is 0.0423 e. The van der Waals surface area contributed by atoms with Crippen LogP contribution in [0.3, 0.4) is 0 Å². The molecule has 2 aromatic rings. The Labute approximate surface area is 137 Å². The first-order valence-corrected chi connectivity index (χ1v) is 8.28. The van der Waals surface area contributed by atoms with Crippen LogP contribution in [0.1, 0.15) is 29.8 Å². The maximum atomic E-state index is 4.47. The fourth-order valence-corrected chi connectivity index (χ4v) is 3.19. The standard InChI is InChI=1S/C16H18Br2N2/c1-3-19-16(9-13-6-5-12(17)10-20-13)14-7-4-11(2)8-15(14)18/h4-8,10,16,19H,3,9H2,1-2H3. The molecule has 1 unspecified atom stereocenters. The zero-order valence-corrected chi connectivity index (χ0v) is 14.8. The molecule has 1 aromatic carbocycles. The molecule has 0 fully saturated rings. The molecule has 1 N–H and O–H groups in total. The zero-order chi connectivity index (χ0) is 14.5. The van der Waals surface area contributed by atoms with Gasteiger partial charge in [0.15, 0.2) is 0 Å². The minimum atomic E-state index is 0.267. The molecule has 0 radical (unpaired) electrons. The first-order valence-electron chi connectivity index (χ1n) is 6.70. The molecule has 2 rings (SSSR count). The molecule has 106 valence electrons. The van der Waals surface area contributed by atoms with E-state index in [0.29, 0.717) is 0 Å². The number of hydrogen-bond acceptors (Lipinski definition) is 2. The summed E-state index contributed by atoms with van der Waals surface area (Å²) in [4.78, 5) is 4.47. The molecule has 0 aliphatic heterocycles. The van der Waals surface area contributed by atoms with Crippen molar-refractivity contribution < 1.29 is 0 Å². The first-order chi connectivity index (χ1) is 9.60. The van der Waals surface area contributed by atoms with Crippen LogP contribution in [-0.4, -0.2) is 11.5 Å². The summed E-state index contributed by atoms with van der Waals surface area (Å²) in [6, 6.07) is 10.9. The van der Waals surface area contributed by atoms with Crippen LogP contribution in [0.4, 0.5) is 0 Å². The lowest BCUT2D eigenvalue weighted by atomic mass is 10.0. The number of nitrogens with one attached hydrogen (secondary N) is 1. The van der Waals surface area contributed by atoms with E-state index in [1.54, 1.807) is 0 Å². The molecule has 2 nitrogen and oxygen atoms in total. The van der Waals surface area contributed by atoms with Crippen LogP contribution in [0.15, 0.2) is 45.5 Å². The molecule has 0 aliphatic carbocycles. The van der Waals surface area contributed by atoms with E-state index in [4.69, 9.17) is 0 Å². The second-order valence-corrected chi connectivity index (χ2v) is 6.58. The third-order valence-corrected chi connectivity index (χ3v) is 4.34. The molecule has 0 spiro atoms. The number of benzene rings is 1. The average Bonchev–Trinajstić information content (AvgIpc) is 2.41. The molecule has 1 aromatic heterocycles. The van der Waals surface area contributed by atoms with Crippen LogP contribution in [0.5, 0.6) is 0 Å². The third-order valence-electron chi connectivity index (χ3n) is 3.18. The Morgan fingerprint density at radius 3 is 2.60 bits per heavy atom. The van der Waals surface area contributed by atoms with Gasteiger partial charge in [0.25, 0.3) is 0 Å². The Balaban J connectivity index is 2.24. The molecular weight excluding hydrogens is 380 g/mol. The van der Waals surface area contributed by atoms with Crippen molar-refractivity contribution in [1.82, 2.24) is 10.3 Å². The molecule has 20 heavy (non-hydrogen) atoms.